The van der Waals surface area contributed by atoms with E-state index in [1.54, 1.807) is 6.07 Å². The Morgan fingerprint density at radius 2 is 1.59 bits per heavy atom. The normalized spacial score (nSPS) is 17.4. The number of hydrogen-bond donors (Lipinski definition) is 3. The lowest BCUT2D eigenvalue weighted by atomic mass is 9.95. The highest BCUT2D eigenvalue weighted by molar-refractivity contribution is 6.27. The van der Waals surface area contributed by atoms with Crippen LogP contribution in [0.2, 0.25) is 0 Å². The number of benzene rings is 1. The van der Waals surface area contributed by atoms with E-state index in [0.717, 1.165) is 44.6 Å². The Labute approximate surface area is 186 Å². The number of carbonyl (C=O) groups excluding carboxylic acids is 2. The third kappa shape index (κ3) is 8.12. The summed E-state index contributed by atoms with van der Waals surface area (Å²) in [5.74, 6) is -3.42. The molecular weight excluding hydrogens is 418 g/mol. The molecule has 0 spiro atoms. The molecule has 2 amide bonds. The van der Waals surface area contributed by atoms with Gasteiger partial charge in [0.05, 0.1) is 19.8 Å². The number of likely N-dealkylation sites (tertiary alicyclic amines) is 1. The van der Waals surface area contributed by atoms with Crippen LogP contribution in [0.5, 0.6) is 0 Å². The molecule has 10 heteroatoms. The molecule has 4 N–H and O–H groups in total. The van der Waals surface area contributed by atoms with Crippen molar-refractivity contribution in [1.82, 2.24) is 9.80 Å². The quantitative estimate of drug-likeness (QED) is 0.553. The highest BCUT2D eigenvalue weighted by atomic mass is 16.5. The van der Waals surface area contributed by atoms with Crippen molar-refractivity contribution in [2.75, 3.05) is 45.9 Å². The van der Waals surface area contributed by atoms with Crippen LogP contribution in [-0.4, -0.2) is 89.7 Å². The summed E-state index contributed by atoms with van der Waals surface area (Å²) in [5.41, 5.74) is 6.82. The number of hydrogen-bond acceptors (Lipinski definition) is 6. The summed E-state index contributed by atoms with van der Waals surface area (Å²) in [4.78, 5) is 46.3. The predicted molar refractivity (Wildman–Crippen MR) is 116 cm³/mol. The van der Waals surface area contributed by atoms with E-state index in [4.69, 9.17) is 30.3 Å². The molecule has 3 rings (SSSR count). The minimum atomic E-state index is -1.82. The molecule has 10 nitrogen and oxygen atoms in total. The SMILES string of the molecule is NC(=O)c1ccccc1/C=C/C1CCN(C(=O)CN2CCOCC2)CC1.O=C(O)C(=O)O. The molecular formula is C22H29N3O7. The minimum Gasteiger partial charge on any atom is -0.473 e. The zero-order chi connectivity index (χ0) is 23.5. The van der Waals surface area contributed by atoms with Gasteiger partial charge in [0.15, 0.2) is 0 Å². The third-order valence-electron chi connectivity index (χ3n) is 5.31. The summed E-state index contributed by atoms with van der Waals surface area (Å²) in [7, 11) is 0. The average Bonchev–Trinajstić information content (AvgIpc) is 2.79. The molecule has 0 aromatic heterocycles. The Hall–Kier alpha value is -3.24. The van der Waals surface area contributed by atoms with Crippen LogP contribution in [0.3, 0.4) is 0 Å². The zero-order valence-electron chi connectivity index (χ0n) is 17.8. The van der Waals surface area contributed by atoms with Crippen LogP contribution < -0.4 is 5.73 Å². The van der Waals surface area contributed by atoms with Crippen molar-refractivity contribution in [3.8, 4) is 0 Å². The molecule has 2 saturated heterocycles. The number of primary amides is 1. The van der Waals surface area contributed by atoms with Crippen molar-refractivity contribution in [3.05, 3.63) is 41.5 Å². The van der Waals surface area contributed by atoms with Gasteiger partial charge < -0.3 is 25.6 Å². The van der Waals surface area contributed by atoms with Crippen molar-refractivity contribution in [1.29, 1.82) is 0 Å². The summed E-state index contributed by atoms with van der Waals surface area (Å²) in [6, 6.07) is 7.36. The Morgan fingerprint density at radius 3 is 2.16 bits per heavy atom. The van der Waals surface area contributed by atoms with Gasteiger partial charge in [0.25, 0.3) is 0 Å². The number of carboxylic acids is 2. The van der Waals surface area contributed by atoms with Gasteiger partial charge in [0, 0.05) is 31.7 Å². The van der Waals surface area contributed by atoms with Crippen LogP contribution >= 0.6 is 0 Å². The summed E-state index contributed by atoms with van der Waals surface area (Å²) in [5, 5.41) is 14.8. The van der Waals surface area contributed by atoms with Crippen LogP contribution in [-0.2, 0) is 19.1 Å². The highest BCUT2D eigenvalue weighted by Gasteiger charge is 2.23. The fourth-order valence-electron chi connectivity index (χ4n) is 3.50. The maximum absolute atomic E-state index is 12.4. The molecule has 0 saturated carbocycles. The van der Waals surface area contributed by atoms with Gasteiger partial charge >= 0.3 is 11.9 Å². The van der Waals surface area contributed by atoms with Crippen molar-refractivity contribution in [3.63, 3.8) is 0 Å². The molecule has 0 aliphatic carbocycles. The Balaban J connectivity index is 0.000000534. The lowest BCUT2D eigenvalue weighted by Crippen LogP contribution is -2.46. The lowest BCUT2D eigenvalue weighted by molar-refractivity contribution is -0.159. The van der Waals surface area contributed by atoms with Gasteiger partial charge in [-0.15, -0.1) is 0 Å². The number of ether oxygens (including phenoxy) is 1. The van der Waals surface area contributed by atoms with Crippen molar-refractivity contribution in [2.45, 2.75) is 12.8 Å². The Kier molecular flexibility index (Phi) is 9.83. The lowest BCUT2D eigenvalue weighted by Gasteiger charge is -2.33. The monoisotopic (exact) mass is 447 g/mol. The molecule has 0 unspecified atom stereocenters. The van der Waals surface area contributed by atoms with Crippen LogP contribution in [0.1, 0.15) is 28.8 Å². The second-order valence-corrected chi connectivity index (χ2v) is 7.53. The number of carbonyl (C=O) groups is 4. The molecule has 2 aliphatic heterocycles. The largest absolute Gasteiger partial charge is 0.473 e. The first-order valence-corrected chi connectivity index (χ1v) is 10.4. The Morgan fingerprint density at radius 1 is 1.00 bits per heavy atom. The van der Waals surface area contributed by atoms with Gasteiger partial charge in [-0.25, -0.2) is 9.59 Å². The van der Waals surface area contributed by atoms with Crippen LogP contribution in [0, 0.1) is 5.92 Å². The fourth-order valence-corrected chi connectivity index (χ4v) is 3.50. The Bertz CT molecular complexity index is 830. The van der Waals surface area contributed by atoms with Gasteiger partial charge in [0.1, 0.15) is 0 Å². The molecule has 32 heavy (non-hydrogen) atoms. The number of rotatable bonds is 5. The molecule has 2 heterocycles. The molecule has 0 bridgehead atoms. The van der Waals surface area contributed by atoms with E-state index >= 15 is 0 Å². The first-order valence-electron chi connectivity index (χ1n) is 10.4. The van der Waals surface area contributed by atoms with E-state index in [0.29, 0.717) is 31.2 Å². The van der Waals surface area contributed by atoms with Crippen LogP contribution in [0.25, 0.3) is 6.08 Å². The molecule has 0 radical (unpaired) electrons. The van der Waals surface area contributed by atoms with E-state index in [-0.39, 0.29) is 5.91 Å². The molecule has 2 aliphatic rings. The third-order valence-corrected chi connectivity index (χ3v) is 5.31. The predicted octanol–water partition coefficient (Wildman–Crippen LogP) is 0.525. The molecule has 2 fully saturated rings. The van der Waals surface area contributed by atoms with Gasteiger partial charge in [-0.3, -0.25) is 14.5 Å². The number of aliphatic carboxylic acids is 2. The van der Waals surface area contributed by atoms with Crippen LogP contribution in [0.4, 0.5) is 0 Å². The first kappa shape index (κ1) is 25.0. The van der Waals surface area contributed by atoms with Crippen molar-refractivity contribution < 1.29 is 34.1 Å². The number of morpholine rings is 1. The summed E-state index contributed by atoms with van der Waals surface area (Å²) < 4.78 is 5.32. The zero-order valence-corrected chi connectivity index (χ0v) is 17.8. The number of allylic oxidation sites excluding steroid dienone is 1. The minimum absolute atomic E-state index is 0.216. The first-order chi connectivity index (χ1) is 15.3. The summed E-state index contributed by atoms with van der Waals surface area (Å²) >= 11 is 0. The fraction of sp³-hybridized carbons (Fsp3) is 0.455. The molecule has 1 aromatic rings. The van der Waals surface area contributed by atoms with E-state index in [2.05, 4.69) is 11.0 Å². The summed E-state index contributed by atoms with van der Waals surface area (Å²) in [6.45, 7) is 5.18. The maximum atomic E-state index is 12.4. The number of carboxylic acid groups (broad SMARTS) is 2. The molecule has 0 atom stereocenters. The molecule has 174 valence electrons. The number of nitrogens with zero attached hydrogens (tertiary/aromatic N) is 2. The average molecular weight is 447 g/mol. The van der Waals surface area contributed by atoms with E-state index < -0.39 is 17.8 Å². The van der Waals surface area contributed by atoms with Crippen LogP contribution in [0.15, 0.2) is 30.3 Å². The van der Waals surface area contributed by atoms with Gasteiger partial charge in [0.2, 0.25) is 11.8 Å². The van der Waals surface area contributed by atoms with Crippen molar-refractivity contribution in [2.24, 2.45) is 11.7 Å². The highest BCUT2D eigenvalue weighted by Crippen LogP contribution is 2.21. The maximum Gasteiger partial charge on any atom is 0.414 e. The second-order valence-electron chi connectivity index (χ2n) is 7.53. The standard InChI is InChI=1S/C20H27N3O3.C2H2O4/c21-20(25)18-4-2-1-3-17(18)6-5-16-7-9-23(10-8-16)19(24)15-22-11-13-26-14-12-22;3-1(4)2(5)6/h1-6,16H,7-15H2,(H2,21,25);(H,3,4)(H,5,6)/b6-5+;. The second kappa shape index (κ2) is 12.6. The van der Waals surface area contributed by atoms with E-state index in [1.807, 2.05) is 29.2 Å². The topological polar surface area (TPSA) is 150 Å². The van der Waals surface area contributed by atoms with E-state index in [9.17, 15) is 9.59 Å². The molecule has 1 aromatic carbocycles. The van der Waals surface area contributed by atoms with E-state index in [1.165, 1.54) is 0 Å². The van der Waals surface area contributed by atoms with Gasteiger partial charge in [-0.2, -0.15) is 0 Å². The number of amides is 2. The summed E-state index contributed by atoms with van der Waals surface area (Å²) in [6.07, 6.45) is 6.02. The van der Waals surface area contributed by atoms with Crippen molar-refractivity contribution >= 4 is 29.8 Å². The number of nitrogens with two attached hydrogens (primary N) is 1. The number of piperidine rings is 1. The smallest absolute Gasteiger partial charge is 0.414 e. The van der Waals surface area contributed by atoms with Gasteiger partial charge in [-0.1, -0.05) is 30.4 Å². The van der Waals surface area contributed by atoms with Gasteiger partial charge in [-0.05, 0) is 30.4 Å².